The third kappa shape index (κ3) is 3.45. The van der Waals surface area contributed by atoms with E-state index in [0.29, 0.717) is 12.1 Å². The number of nitrogens with zero attached hydrogens (tertiary/aromatic N) is 1. The zero-order valence-corrected chi connectivity index (χ0v) is 13.1. The molecule has 0 aliphatic carbocycles. The number of hydrogen-bond acceptors (Lipinski definition) is 6. The summed E-state index contributed by atoms with van der Waals surface area (Å²) in [6.45, 7) is 3.57. The third-order valence-corrected chi connectivity index (χ3v) is 3.44. The molecule has 1 aromatic carbocycles. The van der Waals surface area contributed by atoms with E-state index in [2.05, 4.69) is 10.6 Å². The summed E-state index contributed by atoms with van der Waals surface area (Å²) < 4.78 is 5.11. The minimum atomic E-state index is -0.942. The number of hydrogen-bond donors (Lipinski definition) is 2. The quantitative estimate of drug-likeness (QED) is 0.473. The van der Waals surface area contributed by atoms with Gasteiger partial charge in [-0.2, -0.15) is 0 Å². The number of rotatable bonds is 5. The molecular formula is C15H16N3O6-. The van der Waals surface area contributed by atoms with Gasteiger partial charge in [-0.1, -0.05) is 19.1 Å². The lowest BCUT2D eigenvalue weighted by atomic mass is 9.95. The van der Waals surface area contributed by atoms with Crippen LogP contribution in [0.3, 0.4) is 0 Å². The number of benzene rings is 1. The molecule has 1 heterocycles. The van der Waals surface area contributed by atoms with Gasteiger partial charge in [0, 0.05) is 11.8 Å². The Labute approximate surface area is 137 Å². The van der Waals surface area contributed by atoms with Crippen molar-refractivity contribution in [1.82, 2.24) is 10.6 Å². The van der Waals surface area contributed by atoms with E-state index in [4.69, 9.17) is 4.74 Å². The molecule has 9 nitrogen and oxygen atoms in total. The van der Waals surface area contributed by atoms with Gasteiger partial charge >= 0.3 is 12.0 Å². The van der Waals surface area contributed by atoms with Crippen molar-refractivity contribution in [3.8, 4) is 5.75 Å². The first kappa shape index (κ1) is 17.3. The second-order valence-corrected chi connectivity index (χ2v) is 5.19. The summed E-state index contributed by atoms with van der Waals surface area (Å²) in [7, 11) is 0. The van der Waals surface area contributed by atoms with Crippen LogP contribution in [0.15, 0.2) is 29.5 Å². The highest BCUT2D eigenvalue weighted by molar-refractivity contribution is 5.95. The average Bonchev–Trinajstić information content (AvgIpc) is 2.52. The van der Waals surface area contributed by atoms with Crippen molar-refractivity contribution >= 4 is 17.7 Å². The van der Waals surface area contributed by atoms with Crippen molar-refractivity contribution in [1.29, 1.82) is 0 Å². The Bertz CT molecular complexity index is 728. The standard InChI is InChI=1S/C15H17N3O6/c1-3-6-24-14(20)12-8(2)16-15(21)17-13(12)9-4-5-11(19)10(7-9)18(22)23/h4-5,7,13,19H,3,6H2,1-2H3,(H2,16,17,21)/p-1/t13-/m0/s1. The van der Waals surface area contributed by atoms with E-state index in [0.717, 1.165) is 12.1 Å². The first-order chi connectivity index (χ1) is 11.3. The van der Waals surface area contributed by atoms with Crippen molar-refractivity contribution in [2.45, 2.75) is 26.3 Å². The molecule has 1 aromatic rings. The number of nitro benzene ring substituents is 1. The Balaban J connectivity index is 2.47. The number of allylic oxidation sites excluding steroid dienone is 1. The van der Waals surface area contributed by atoms with Crippen LogP contribution in [0.5, 0.6) is 5.75 Å². The molecule has 0 fully saturated rings. The predicted molar refractivity (Wildman–Crippen MR) is 80.9 cm³/mol. The van der Waals surface area contributed by atoms with E-state index in [1.807, 2.05) is 6.92 Å². The van der Waals surface area contributed by atoms with Crippen molar-refractivity contribution in [3.05, 3.63) is 45.1 Å². The second kappa shape index (κ2) is 6.99. The van der Waals surface area contributed by atoms with Gasteiger partial charge in [-0.3, -0.25) is 10.1 Å². The summed E-state index contributed by atoms with van der Waals surface area (Å²) in [5, 5.41) is 27.5. The van der Waals surface area contributed by atoms with Gasteiger partial charge in [0.05, 0.1) is 23.1 Å². The molecule has 9 heteroatoms. The molecule has 0 aromatic heterocycles. The van der Waals surface area contributed by atoms with Crippen LogP contribution >= 0.6 is 0 Å². The van der Waals surface area contributed by atoms with Gasteiger partial charge in [0.15, 0.2) is 0 Å². The average molecular weight is 334 g/mol. The van der Waals surface area contributed by atoms with Crippen LogP contribution in [-0.4, -0.2) is 23.5 Å². The maximum Gasteiger partial charge on any atom is 0.338 e. The molecule has 2 rings (SSSR count). The fourth-order valence-electron chi connectivity index (χ4n) is 2.34. The number of carbonyl (C=O) groups excluding carboxylic acids is 2. The monoisotopic (exact) mass is 334 g/mol. The minimum Gasteiger partial charge on any atom is -0.868 e. The number of ether oxygens (including phenoxy) is 1. The Morgan fingerprint density at radius 3 is 2.75 bits per heavy atom. The van der Waals surface area contributed by atoms with Gasteiger partial charge in [-0.25, -0.2) is 9.59 Å². The van der Waals surface area contributed by atoms with E-state index in [1.54, 1.807) is 0 Å². The number of carbonyl (C=O) groups is 2. The topological polar surface area (TPSA) is 134 Å². The molecular weight excluding hydrogens is 318 g/mol. The van der Waals surface area contributed by atoms with Gasteiger partial charge in [-0.05, 0) is 24.7 Å². The Morgan fingerprint density at radius 1 is 1.42 bits per heavy atom. The number of urea groups is 1. The molecule has 2 N–H and O–H groups in total. The molecule has 1 aliphatic heterocycles. The smallest absolute Gasteiger partial charge is 0.338 e. The summed E-state index contributed by atoms with van der Waals surface area (Å²) in [6, 6.07) is 1.93. The lowest BCUT2D eigenvalue weighted by Crippen LogP contribution is -2.45. The van der Waals surface area contributed by atoms with Crippen LogP contribution in [0.25, 0.3) is 0 Å². The number of esters is 1. The van der Waals surface area contributed by atoms with Crippen LogP contribution in [0.1, 0.15) is 31.9 Å². The molecule has 2 amide bonds. The number of nitrogens with one attached hydrogen (secondary N) is 2. The van der Waals surface area contributed by atoms with E-state index >= 15 is 0 Å². The van der Waals surface area contributed by atoms with Gasteiger partial charge in [0.25, 0.3) is 5.69 Å². The lowest BCUT2D eigenvalue weighted by Gasteiger charge is -2.28. The number of amides is 2. The maximum absolute atomic E-state index is 12.3. The van der Waals surface area contributed by atoms with Gasteiger partial charge in [0.1, 0.15) is 0 Å². The summed E-state index contributed by atoms with van der Waals surface area (Å²) in [6.07, 6.45) is 0.624. The van der Waals surface area contributed by atoms with E-state index < -0.39 is 34.4 Å². The summed E-state index contributed by atoms with van der Waals surface area (Å²) in [5.41, 5.74) is 0.0489. The summed E-state index contributed by atoms with van der Waals surface area (Å²) in [4.78, 5) is 34.1. The molecule has 0 radical (unpaired) electrons. The Hall–Kier alpha value is -3.10. The highest BCUT2D eigenvalue weighted by Gasteiger charge is 2.32. The molecule has 0 saturated carbocycles. The molecule has 24 heavy (non-hydrogen) atoms. The molecule has 0 bridgehead atoms. The van der Waals surface area contributed by atoms with E-state index in [1.165, 1.54) is 13.0 Å². The largest absolute Gasteiger partial charge is 0.868 e. The van der Waals surface area contributed by atoms with E-state index in [9.17, 15) is 24.8 Å². The first-order valence-corrected chi connectivity index (χ1v) is 7.26. The molecule has 1 aliphatic rings. The Morgan fingerprint density at radius 2 is 2.12 bits per heavy atom. The minimum absolute atomic E-state index is 0.135. The predicted octanol–water partition coefficient (Wildman–Crippen LogP) is 1.25. The van der Waals surface area contributed by atoms with Crippen molar-refractivity contribution in [2.75, 3.05) is 6.61 Å². The highest BCUT2D eigenvalue weighted by atomic mass is 16.6. The van der Waals surface area contributed by atoms with Gasteiger partial charge in [0.2, 0.25) is 0 Å². The summed E-state index contributed by atoms with van der Waals surface area (Å²) in [5.74, 6) is -1.39. The van der Waals surface area contributed by atoms with Crippen LogP contribution in [-0.2, 0) is 9.53 Å². The molecule has 128 valence electrons. The zero-order valence-electron chi connectivity index (χ0n) is 13.1. The molecule has 0 spiro atoms. The van der Waals surface area contributed by atoms with Crippen LogP contribution in [0, 0.1) is 10.1 Å². The van der Waals surface area contributed by atoms with Gasteiger partial charge in [-0.15, -0.1) is 0 Å². The lowest BCUT2D eigenvalue weighted by molar-refractivity contribution is -0.398. The maximum atomic E-state index is 12.3. The third-order valence-electron chi connectivity index (χ3n) is 3.44. The SMILES string of the molecule is CCCOC(=O)C1=C(C)NC(=O)N[C@H]1c1ccc([O-])c([N+](=O)[O-])c1. The van der Waals surface area contributed by atoms with E-state index in [-0.39, 0.29) is 17.7 Å². The molecule has 0 saturated heterocycles. The normalized spacial score (nSPS) is 17.1. The molecule has 1 atom stereocenters. The Kier molecular flexibility index (Phi) is 5.02. The van der Waals surface area contributed by atoms with Crippen LogP contribution in [0.2, 0.25) is 0 Å². The van der Waals surface area contributed by atoms with Gasteiger partial charge < -0.3 is 20.5 Å². The fraction of sp³-hybridized carbons (Fsp3) is 0.333. The fourth-order valence-corrected chi connectivity index (χ4v) is 2.34. The summed E-state index contributed by atoms with van der Waals surface area (Å²) >= 11 is 0. The molecule has 0 unspecified atom stereocenters. The van der Waals surface area contributed by atoms with Crippen molar-refractivity contribution < 1.29 is 24.4 Å². The highest BCUT2D eigenvalue weighted by Crippen LogP contribution is 2.32. The zero-order chi connectivity index (χ0) is 17.9. The van der Waals surface area contributed by atoms with Crippen LogP contribution < -0.4 is 15.7 Å². The van der Waals surface area contributed by atoms with Crippen molar-refractivity contribution in [3.63, 3.8) is 0 Å². The first-order valence-electron chi connectivity index (χ1n) is 7.26. The van der Waals surface area contributed by atoms with Crippen molar-refractivity contribution in [2.24, 2.45) is 0 Å². The van der Waals surface area contributed by atoms with Crippen LogP contribution in [0.4, 0.5) is 10.5 Å². The number of nitro groups is 1. The second-order valence-electron chi connectivity index (χ2n) is 5.19.